The van der Waals surface area contributed by atoms with Gasteiger partial charge in [-0.25, -0.2) is 0 Å². The van der Waals surface area contributed by atoms with Crippen molar-refractivity contribution in [3.05, 3.63) is 47.6 Å². The van der Waals surface area contributed by atoms with E-state index < -0.39 is 0 Å². The Hall–Kier alpha value is -2.25. The summed E-state index contributed by atoms with van der Waals surface area (Å²) in [6.45, 7) is 5.04. The van der Waals surface area contributed by atoms with Gasteiger partial charge in [0, 0.05) is 37.8 Å². The zero-order valence-electron chi connectivity index (χ0n) is 14.9. The van der Waals surface area contributed by atoms with Crippen LogP contribution >= 0.6 is 0 Å². The number of hydrogen-bond donors (Lipinski definition) is 1. The zero-order valence-corrected chi connectivity index (χ0v) is 14.9. The van der Waals surface area contributed by atoms with Crippen molar-refractivity contribution in [2.45, 2.75) is 45.1 Å². The fraction of sp³-hybridized carbons (Fsp3) is 0.526. The Bertz CT molecular complexity index is 734. The van der Waals surface area contributed by atoms with Gasteiger partial charge in [-0.2, -0.15) is 0 Å². The van der Waals surface area contributed by atoms with Gasteiger partial charge in [-0.3, -0.25) is 14.7 Å². The molecule has 2 saturated heterocycles. The monoisotopic (exact) mass is 356 g/mol. The maximum absolute atomic E-state index is 12.2. The minimum atomic E-state index is 0.0187. The molecular formula is C19H24N4O3. The lowest BCUT2D eigenvalue weighted by Crippen LogP contribution is -2.29. The van der Waals surface area contributed by atoms with E-state index in [9.17, 15) is 4.79 Å². The average Bonchev–Trinajstić information content (AvgIpc) is 3.29. The molecule has 0 radical (unpaired) electrons. The molecule has 2 aromatic heterocycles. The van der Waals surface area contributed by atoms with Crippen molar-refractivity contribution in [1.29, 1.82) is 0 Å². The first kappa shape index (κ1) is 17.2. The molecule has 7 nitrogen and oxygen atoms in total. The first-order chi connectivity index (χ1) is 12.7. The molecule has 0 unspecified atom stereocenters. The highest BCUT2D eigenvalue weighted by atomic mass is 16.5. The number of aryl methyl sites for hydroxylation is 1. The van der Waals surface area contributed by atoms with Crippen molar-refractivity contribution in [3.63, 3.8) is 0 Å². The van der Waals surface area contributed by atoms with Crippen LogP contribution in [0.25, 0.3) is 0 Å². The van der Waals surface area contributed by atoms with Crippen molar-refractivity contribution < 1.29 is 14.1 Å². The largest absolute Gasteiger partial charge is 0.373 e. The van der Waals surface area contributed by atoms with Gasteiger partial charge in [0.1, 0.15) is 5.76 Å². The van der Waals surface area contributed by atoms with E-state index in [1.54, 1.807) is 6.20 Å². The highest BCUT2D eigenvalue weighted by molar-refractivity contribution is 5.76. The van der Waals surface area contributed by atoms with Gasteiger partial charge in [0.15, 0.2) is 0 Å². The first-order valence-electron chi connectivity index (χ1n) is 9.12. The maximum Gasteiger partial charge on any atom is 0.222 e. The summed E-state index contributed by atoms with van der Waals surface area (Å²) in [4.78, 5) is 18.7. The fourth-order valence-corrected chi connectivity index (χ4v) is 3.90. The minimum absolute atomic E-state index is 0.0187. The summed E-state index contributed by atoms with van der Waals surface area (Å²) in [5.41, 5.74) is 1.83. The number of nitrogens with one attached hydrogen (secondary N) is 1. The topological polar surface area (TPSA) is 80.5 Å². The Morgan fingerprint density at radius 3 is 3.00 bits per heavy atom. The van der Waals surface area contributed by atoms with Crippen molar-refractivity contribution >= 4 is 5.91 Å². The van der Waals surface area contributed by atoms with Crippen LogP contribution in [0, 0.1) is 12.8 Å². The summed E-state index contributed by atoms with van der Waals surface area (Å²) in [5.74, 6) is 1.36. The normalized spacial score (nSPS) is 25.3. The molecule has 2 aromatic rings. The molecule has 0 saturated carbocycles. The van der Waals surface area contributed by atoms with Gasteiger partial charge in [0.25, 0.3) is 0 Å². The number of aromatic nitrogens is 2. The molecule has 4 rings (SSSR count). The molecule has 3 atom stereocenters. The number of rotatable bonds is 6. The molecule has 0 aromatic carbocycles. The fourth-order valence-electron chi connectivity index (χ4n) is 3.90. The molecule has 0 spiro atoms. The van der Waals surface area contributed by atoms with Gasteiger partial charge < -0.3 is 14.6 Å². The summed E-state index contributed by atoms with van der Waals surface area (Å²) < 4.78 is 11.2. The number of carbonyl (C=O) groups is 1. The smallest absolute Gasteiger partial charge is 0.222 e. The van der Waals surface area contributed by atoms with Crippen LogP contribution in [0.5, 0.6) is 0 Å². The zero-order chi connectivity index (χ0) is 17.9. The van der Waals surface area contributed by atoms with Gasteiger partial charge in [-0.15, -0.1) is 0 Å². The summed E-state index contributed by atoms with van der Waals surface area (Å²) in [6.07, 6.45) is 3.33. The molecule has 0 aliphatic carbocycles. The van der Waals surface area contributed by atoms with E-state index in [0.29, 0.717) is 18.9 Å². The lowest BCUT2D eigenvalue weighted by Gasteiger charge is -2.17. The van der Waals surface area contributed by atoms with E-state index in [-0.39, 0.29) is 18.1 Å². The Balaban J connectivity index is 1.20. The molecule has 1 amide bonds. The summed E-state index contributed by atoms with van der Waals surface area (Å²) in [6, 6.07) is 7.66. The number of nitrogens with zero attached hydrogens (tertiary/aromatic N) is 3. The second kappa shape index (κ2) is 7.55. The summed E-state index contributed by atoms with van der Waals surface area (Å²) >= 11 is 0. The number of amides is 1. The third-order valence-electron chi connectivity index (χ3n) is 5.06. The van der Waals surface area contributed by atoms with Crippen LogP contribution in [0.3, 0.4) is 0 Å². The van der Waals surface area contributed by atoms with Crippen LogP contribution < -0.4 is 5.32 Å². The molecule has 1 N–H and O–H groups in total. The Kier molecular flexibility index (Phi) is 4.99. The van der Waals surface area contributed by atoms with Crippen molar-refractivity contribution in [1.82, 2.24) is 20.4 Å². The van der Waals surface area contributed by atoms with Crippen LogP contribution in [0.4, 0.5) is 0 Å². The van der Waals surface area contributed by atoms with Gasteiger partial charge in [0.2, 0.25) is 5.91 Å². The first-order valence-corrected chi connectivity index (χ1v) is 9.12. The van der Waals surface area contributed by atoms with E-state index in [1.165, 1.54) is 0 Å². The van der Waals surface area contributed by atoms with E-state index in [2.05, 4.69) is 20.4 Å². The van der Waals surface area contributed by atoms with Crippen LogP contribution in [0.15, 0.2) is 35.0 Å². The lowest BCUT2D eigenvalue weighted by molar-refractivity contribution is -0.124. The molecule has 138 valence electrons. The number of carbonyl (C=O) groups excluding carboxylic acids is 1. The van der Waals surface area contributed by atoms with Crippen LogP contribution in [0.1, 0.15) is 30.0 Å². The number of pyridine rings is 1. The van der Waals surface area contributed by atoms with Gasteiger partial charge >= 0.3 is 0 Å². The minimum Gasteiger partial charge on any atom is -0.373 e. The Morgan fingerprint density at radius 1 is 1.35 bits per heavy atom. The van der Waals surface area contributed by atoms with E-state index in [4.69, 9.17) is 9.26 Å². The highest BCUT2D eigenvalue weighted by Crippen LogP contribution is 2.34. The predicted octanol–water partition coefficient (Wildman–Crippen LogP) is 1.67. The number of ether oxygens (including phenoxy) is 1. The maximum atomic E-state index is 12.2. The lowest BCUT2D eigenvalue weighted by atomic mass is 10.0. The van der Waals surface area contributed by atoms with Crippen LogP contribution in [0.2, 0.25) is 0 Å². The van der Waals surface area contributed by atoms with E-state index in [1.807, 2.05) is 31.2 Å². The van der Waals surface area contributed by atoms with E-state index in [0.717, 1.165) is 43.2 Å². The number of fused-ring (bicyclic) bond motifs is 1. The molecule has 7 heteroatoms. The van der Waals surface area contributed by atoms with Crippen molar-refractivity contribution in [2.75, 3.05) is 13.1 Å². The molecular weight excluding hydrogens is 332 g/mol. The SMILES string of the molecule is Cc1cc(CN2C[C@@H]3C[C@H](CC(=O)NCc4ccccn4)O[C@@H]3C2)no1. The van der Waals surface area contributed by atoms with Crippen molar-refractivity contribution in [3.8, 4) is 0 Å². The van der Waals surface area contributed by atoms with Crippen LogP contribution in [-0.2, 0) is 22.6 Å². The summed E-state index contributed by atoms with van der Waals surface area (Å²) in [7, 11) is 0. The highest BCUT2D eigenvalue weighted by Gasteiger charge is 2.42. The second-order valence-electron chi connectivity index (χ2n) is 7.22. The van der Waals surface area contributed by atoms with Crippen LogP contribution in [-0.4, -0.2) is 46.2 Å². The Labute approximate surface area is 152 Å². The number of hydrogen-bond acceptors (Lipinski definition) is 6. The number of likely N-dealkylation sites (tertiary alicyclic amines) is 1. The molecule has 0 bridgehead atoms. The van der Waals surface area contributed by atoms with Gasteiger partial charge in [-0.05, 0) is 25.5 Å². The standard InChI is InChI=1S/C19H24N4O3/c1-13-6-16(22-26-13)11-23-10-14-7-17(25-18(14)12-23)8-19(24)21-9-15-4-2-3-5-20-15/h2-6,14,17-18H,7-12H2,1H3,(H,21,24)/t14-,17+,18+/m0/s1. The molecule has 2 fully saturated rings. The third kappa shape index (κ3) is 4.11. The van der Waals surface area contributed by atoms with Crippen molar-refractivity contribution in [2.24, 2.45) is 5.92 Å². The third-order valence-corrected chi connectivity index (χ3v) is 5.06. The van der Waals surface area contributed by atoms with Gasteiger partial charge in [-0.1, -0.05) is 11.2 Å². The summed E-state index contributed by atoms with van der Waals surface area (Å²) in [5, 5.41) is 6.98. The predicted molar refractivity (Wildman–Crippen MR) is 94.0 cm³/mol. The van der Waals surface area contributed by atoms with E-state index >= 15 is 0 Å². The second-order valence-corrected chi connectivity index (χ2v) is 7.22. The molecule has 26 heavy (non-hydrogen) atoms. The quantitative estimate of drug-likeness (QED) is 0.848. The molecule has 2 aliphatic rings. The van der Waals surface area contributed by atoms with Gasteiger partial charge in [0.05, 0.1) is 36.6 Å². The average molecular weight is 356 g/mol. The Morgan fingerprint density at radius 2 is 2.27 bits per heavy atom. The molecule has 2 aliphatic heterocycles. The molecule has 4 heterocycles.